The number of hydrogen-bond donors (Lipinski definition) is 1. The molecule has 0 atom stereocenters. The predicted octanol–water partition coefficient (Wildman–Crippen LogP) is 4.48. The van der Waals surface area contributed by atoms with Gasteiger partial charge in [-0.05, 0) is 29.3 Å². The van der Waals surface area contributed by atoms with E-state index in [0.29, 0.717) is 0 Å². The SMILES string of the molecule is Fc1cccc(/C=C/c2c[nH]c3ccccc23)c1. The highest BCUT2D eigenvalue weighted by Gasteiger charge is 1.98. The number of halogens is 1. The molecule has 2 heteroatoms. The van der Waals surface area contributed by atoms with Crippen LogP contribution in [0.5, 0.6) is 0 Å². The van der Waals surface area contributed by atoms with E-state index in [2.05, 4.69) is 11.1 Å². The van der Waals surface area contributed by atoms with E-state index in [4.69, 9.17) is 0 Å². The number of nitrogens with one attached hydrogen (secondary N) is 1. The third kappa shape index (κ3) is 2.05. The summed E-state index contributed by atoms with van der Waals surface area (Å²) in [6.07, 6.45) is 5.87. The Hall–Kier alpha value is -2.35. The highest BCUT2D eigenvalue weighted by Crippen LogP contribution is 2.20. The first-order chi connectivity index (χ1) is 8.83. The molecule has 0 aliphatic carbocycles. The van der Waals surface area contributed by atoms with Crippen LogP contribution in [0.4, 0.5) is 4.39 Å². The maximum absolute atomic E-state index is 13.0. The Labute approximate surface area is 105 Å². The first kappa shape index (κ1) is 10.8. The molecule has 3 aromatic rings. The van der Waals surface area contributed by atoms with Crippen LogP contribution in [0.3, 0.4) is 0 Å². The number of benzene rings is 2. The molecule has 1 heterocycles. The summed E-state index contributed by atoms with van der Waals surface area (Å²) in [4.78, 5) is 3.21. The number of H-pyrrole nitrogens is 1. The summed E-state index contributed by atoms with van der Waals surface area (Å²) in [6.45, 7) is 0. The topological polar surface area (TPSA) is 15.8 Å². The Kier molecular flexibility index (Phi) is 2.69. The van der Waals surface area contributed by atoms with Gasteiger partial charge in [-0.15, -0.1) is 0 Å². The molecule has 0 aliphatic heterocycles. The van der Waals surface area contributed by atoms with Crippen LogP contribution >= 0.6 is 0 Å². The van der Waals surface area contributed by atoms with Crippen molar-refractivity contribution in [3.05, 3.63) is 71.7 Å². The quantitative estimate of drug-likeness (QED) is 0.676. The summed E-state index contributed by atoms with van der Waals surface area (Å²) in [5.41, 5.74) is 3.08. The summed E-state index contributed by atoms with van der Waals surface area (Å²) in [5, 5.41) is 1.17. The minimum Gasteiger partial charge on any atom is -0.361 e. The number of aromatic nitrogens is 1. The molecule has 88 valence electrons. The fourth-order valence-electron chi connectivity index (χ4n) is 2.03. The Bertz CT molecular complexity index is 710. The summed E-state index contributed by atoms with van der Waals surface area (Å²) in [5.74, 6) is -0.212. The number of hydrogen-bond acceptors (Lipinski definition) is 0. The molecule has 18 heavy (non-hydrogen) atoms. The first-order valence-electron chi connectivity index (χ1n) is 5.83. The monoisotopic (exact) mass is 237 g/mol. The van der Waals surface area contributed by atoms with Gasteiger partial charge < -0.3 is 4.98 Å². The van der Waals surface area contributed by atoms with Crippen LogP contribution in [0, 0.1) is 5.82 Å². The standard InChI is InChI=1S/C16H12FN/c17-14-5-3-4-12(10-14)8-9-13-11-18-16-7-2-1-6-15(13)16/h1-11,18H/b9-8+. The van der Waals surface area contributed by atoms with Crippen LogP contribution in [0.25, 0.3) is 23.1 Å². The van der Waals surface area contributed by atoms with Gasteiger partial charge in [0.05, 0.1) is 0 Å². The van der Waals surface area contributed by atoms with Crippen LogP contribution in [0.15, 0.2) is 54.7 Å². The molecule has 1 nitrogen and oxygen atoms in total. The van der Waals surface area contributed by atoms with E-state index in [0.717, 1.165) is 16.6 Å². The molecule has 1 N–H and O–H groups in total. The van der Waals surface area contributed by atoms with Gasteiger partial charge in [-0.25, -0.2) is 4.39 Å². The van der Waals surface area contributed by atoms with Crippen molar-refractivity contribution in [2.24, 2.45) is 0 Å². The van der Waals surface area contributed by atoms with E-state index < -0.39 is 0 Å². The lowest BCUT2D eigenvalue weighted by atomic mass is 10.1. The molecule has 2 aromatic carbocycles. The molecular weight excluding hydrogens is 225 g/mol. The molecule has 0 bridgehead atoms. The van der Waals surface area contributed by atoms with Gasteiger partial charge in [0.25, 0.3) is 0 Å². The normalized spacial score (nSPS) is 11.4. The third-order valence-corrected chi connectivity index (χ3v) is 2.93. The minimum absolute atomic E-state index is 0.212. The van der Waals surface area contributed by atoms with Gasteiger partial charge >= 0.3 is 0 Å². The van der Waals surface area contributed by atoms with Crippen molar-refractivity contribution in [2.45, 2.75) is 0 Å². The van der Waals surface area contributed by atoms with Gasteiger partial charge in [0.2, 0.25) is 0 Å². The molecule has 0 saturated carbocycles. The van der Waals surface area contributed by atoms with Crippen LogP contribution in [-0.4, -0.2) is 4.98 Å². The number of para-hydroxylation sites is 1. The molecule has 0 amide bonds. The summed E-state index contributed by atoms with van der Waals surface area (Å²) in [7, 11) is 0. The van der Waals surface area contributed by atoms with Crippen molar-refractivity contribution in [1.29, 1.82) is 0 Å². The van der Waals surface area contributed by atoms with E-state index in [1.807, 2.05) is 42.6 Å². The summed E-state index contributed by atoms with van der Waals surface area (Å²) >= 11 is 0. The highest BCUT2D eigenvalue weighted by molar-refractivity contribution is 5.91. The highest BCUT2D eigenvalue weighted by atomic mass is 19.1. The Morgan fingerprint density at radius 3 is 2.72 bits per heavy atom. The molecule has 0 aliphatic rings. The van der Waals surface area contributed by atoms with Gasteiger partial charge in [-0.3, -0.25) is 0 Å². The van der Waals surface area contributed by atoms with Crippen molar-refractivity contribution in [3.63, 3.8) is 0 Å². The van der Waals surface area contributed by atoms with Gasteiger partial charge in [-0.1, -0.05) is 42.5 Å². The van der Waals surface area contributed by atoms with Crippen molar-refractivity contribution in [3.8, 4) is 0 Å². The molecule has 0 unspecified atom stereocenters. The van der Waals surface area contributed by atoms with Crippen LogP contribution < -0.4 is 0 Å². The van der Waals surface area contributed by atoms with E-state index in [-0.39, 0.29) is 5.82 Å². The van der Waals surface area contributed by atoms with E-state index >= 15 is 0 Å². The smallest absolute Gasteiger partial charge is 0.123 e. The first-order valence-corrected chi connectivity index (χ1v) is 5.83. The molecule has 3 rings (SSSR count). The van der Waals surface area contributed by atoms with Crippen LogP contribution in [0.1, 0.15) is 11.1 Å². The molecule has 1 aromatic heterocycles. The summed E-state index contributed by atoms with van der Waals surface area (Å²) in [6, 6.07) is 14.7. The number of rotatable bonds is 2. The Morgan fingerprint density at radius 2 is 1.83 bits per heavy atom. The van der Waals surface area contributed by atoms with Crippen molar-refractivity contribution >= 4 is 23.1 Å². The van der Waals surface area contributed by atoms with Gasteiger partial charge in [-0.2, -0.15) is 0 Å². The van der Waals surface area contributed by atoms with Crippen molar-refractivity contribution < 1.29 is 4.39 Å². The molecule has 0 radical (unpaired) electrons. The van der Waals surface area contributed by atoms with Crippen LogP contribution in [-0.2, 0) is 0 Å². The Balaban J connectivity index is 1.97. The molecule has 0 fully saturated rings. The average Bonchev–Trinajstić information content (AvgIpc) is 2.80. The van der Waals surface area contributed by atoms with E-state index in [1.54, 1.807) is 6.07 Å². The number of fused-ring (bicyclic) bond motifs is 1. The zero-order valence-corrected chi connectivity index (χ0v) is 9.73. The second kappa shape index (κ2) is 4.49. The predicted molar refractivity (Wildman–Crippen MR) is 73.6 cm³/mol. The number of aromatic amines is 1. The van der Waals surface area contributed by atoms with Gasteiger partial charge in [0.1, 0.15) is 5.82 Å². The lowest BCUT2D eigenvalue weighted by Gasteiger charge is -1.94. The van der Waals surface area contributed by atoms with Crippen molar-refractivity contribution in [1.82, 2.24) is 4.98 Å². The largest absolute Gasteiger partial charge is 0.361 e. The maximum atomic E-state index is 13.0. The van der Waals surface area contributed by atoms with E-state index in [1.165, 1.54) is 17.5 Å². The lowest BCUT2D eigenvalue weighted by Crippen LogP contribution is -1.75. The second-order valence-electron chi connectivity index (χ2n) is 4.18. The fraction of sp³-hybridized carbons (Fsp3) is 0. The van der Waals surface area contributed by atoms with Crippen LogP contribution in [0.2, 0.25) is 0 Å². The molecular formula is C16H12FN. The second-order valence-corrected chi connectivity index (χ2v) is 4.18. The van der Waals surface area contributed by atoms with Gasteiger partial charge in [0, 0.05) is 17.1 Å². The third-order valence-electron chi connectivity index (χ3n) is 2.93. The van der Waals surface area contributed by atoms with Gasteiger partial charge in [0.15, 0.2) is 0 Å². The minimum atomic E-state index is -0.212. The lowest BCUT2D eigenvalue weighted by molar-refractivity contribution is 0.627. The zero-order chi connectivity index (χ0) is 12.4. The maximum Gasteiger partial charge on any atom is 0.123 e. The fourth-order valence-corrected chi connectivity index (χ4v) is 2.03. The Morgan fingerprint density at radius 1 is 0.944 bits per heavy atom. The summed E-state index contributed by atoms with van der Waals surface area (Å²) < 4.78 is 13.0. The zero-order valence-electron chi connectivity index (χ0n) is 9.73. The molecule has 0 spiro atoms. The molecule has 0 saturated heterocycles. The van der Waals surface area contributed by atoms with E-state index in [9.17, 15) is 4.39 Å². The average molecular weight is 237 g/mol. The van der Waals surface area contributed by atoms with Crippen molar-refractivity contribution in [2.75, 3.05) is 0 Å².